The molecule has 7 aromatic carbocycles. The molecule has 0 amide bonds. The Balaban J connectivity index is 1.17. The van der Waals surface area contributed by atoms with E-state index in [0.717, 1.165) is 34.1 Å². The normalized spacial score (nSPS) is 13.2. The molecule has 228 valence electrons. The highest BCUT2D eigenvalue weighted by atomic mass is 32.2. The molecule has 0 spiro atoms. The van der Waals surface area contributed by atoms with Gasteiger partial charge in [-0.15, -0.1) is 0 Å². The Morgan fingerprint density at radius 1 is 0.292 bits per heavy atom. The molecule has 0 aliphatic carbocycles. The van der Waals surface area contributed by atoms with E-state index in [1.807, 2.05) is 35.3 Å². The second kappa shape index (κ2) is 11.3. The zero-order valence-electron chi connectivity index (χ0n) is 25.6. The molecule has 3 heterocycles. The van der Waals surface area contributed by atoms with E-state index in [-0.39, 0.29) is 0 Å². The van der Waals surface area contributed by atoms with Crippen LogP contribution in [0.1, 0.15) is 0 Å². The van der Waals surface area contributed by atoms with Gasteiger partial charge in [0.25, 0.3) is 0 Å². The number of fused-ring (bicyclic) bond motifs is 6. The standard InChI is InChI=1S/C42H27N3S3/c1-4-16-34-31(13-1)43-40-28(10-7-19-37(40)46-34)25-22-26(29-11-8-20-38-41(29)44-32-14-2-5-17-35(32)47-38)24-27(23-25)30-12-9-21-39-42(30)45-33-15-3-6-18-36(33)48-39/h1-24,43-45H. The third-order valence-electron chi connectivity index (χ3n) is 9.04. The lowest BCUT2D eigenvalue weighted by Crippen LogP contribution is -2.03. The smallest absolute Gasteiger partial charge is 0.0606 e. The Bertz CT molecular complexity index is 2150. The van der Waals surface area contributed by atoms with E-state index < -0.39 is 0 Å². The van der Waals surface area contributed by atoms with E-state index in [4.69, 9.17) is 0 Å². The summed E-state index contributed by atoms with van der Waals surface area (Å²) in [6.45, 7) is 0. The van der Waals surface area contributed by atoms with Gasteiger partial charge in [0.2, 0.25) is 0 Å². The Labute approximate surface area is 292 Å². The summed E-state index contributed by atoms with van der Waals surface area (Å²) in [4.78, 5) is 7.44. The second-order valence-electron chi connectivity index (χ2n) is 12.0. The lowest BCUT2D eigenvalue weighted by Gasteiger charge is -2.26. The van der Waals surface area contributed by atoms with Gasteiger partial charge in [-0.3, -0.25) is 0 Å². The van der Waals surface area contributed by atoms with Crippen LogP contribution in [-0.2, 0) is 0 Å². The van der Waals surface area contributed by atoms with E-state index >= 15 is 0 Å². The summed E-state index contributed by atoms with van der Waals surface area (Å²) in [6, 6.07) is 52.7. The van der Waals surface area contributed by atoms with Gasteiger partial charge in [0.05, 0.1) is 34.1 Å². The minimum atomic E-state index is 1.15. The fourth-order valence-corrected chi connectivity index (χ4v) is 9.85. The fraction of sp³-hybridized carbons (Fsp3) is 0. The summed E-state index contributed by atoms with van der Waals surface area (Å²) in [7, 11) is 0. The first-order valence-corrected chi connectivity index (χ1v) is 18.4. The molecule has 48 heavy (non-hydrogen) atoms. The molecule has 3 N–H and O–H groups in total. The molecule has 6 heteroatoms. The largest absolute Gasteiger partial charge is 0.353 e. The first kappa shape index (κ1) is 28.0. The van der Waals surface area contributed by atoms with E-state index in [2.05, 4.69) is 162 Å². The number of para-hydroxylation sites is 6. The second-order valence-corrected chi connectivity index (χ2v) is 15.3. The Morgan fingerprint density at radius 2 is 0.583 bits per heavy atom. The number of benzene rings is 7. The van der Waals surface area contributed by atoms with Gasteiger partial charge in [-0.1, -0.05) is 108 Å². The number of nitrogens with one attached hydrogen (secondary N) is 3. The minimum Gasteiger partial charge on any atom is -0.353 e. The van der Waals surface area contributed by atoms with Crippen LogP contribution in [0.5, 0.6) is 0 Å². The molecule has 0 radical (unpaired) electrons. The van der Waals surface area contributed by atoms with E-state index in [1.165, 1.54) is 62.8 Å². The Kier molecular flexibility index (Phi) is 6.61. The molecule has 3 nitrogen and oxygen atoms in total. The molecule has 0 atom stereocenters. The van der Waals surface area contributed by atoms with Crippen molar-refractivity contribution in [2.45, 2.75) is 29.4 Å². The highest BCUT2D eigenvalue weighted by Crippen LogP contribution is 2.53. The zero-order valence-corrected chi connectivity index (χ0v) is 28.0. The summed E-state index contributed by atoms with van der Waals surface area (Å²) in [6.07, 6.45) is 0. The van der Waals surface area contributed by atoms with Crippen molar-refractivity contribution in [1.29, 1.82) is 0 Å². The van der Waals surface area contributed by atoms with Crippen molar-refractivity contribution in [3.05, 3.63) is 146 Å². The van der Waals surface area contributed by atoms with Crippen molar-refractivity contribution < 1.29 is 0 Å². The lowest BCUT2D eigenvalue weighted by molar-refractivity contribution is 1.31. The zero-order chi connectivity index (χ0) is 31.6. The van der Waals surface area contributed by atoms with Crippen LogP contribution < -0.4 is 16.0 Å². The summed E-state index contributed by atoms with van der Waals surface area (Å²) in [5.41, 5.74) is 14.0. The van der Waals surface area contributed by atoms with Gasteiger partial charge < -0.3 is 16.0 Å². The predicted molar refractivity (Wildman–Crippen MR) is 204 cm³/mol. The first-order chi connectivity index (χ1) is 23.7. The highest BCUT2D eigenvalue weighted by molar-refractivity contribution is 8.00. The maximum absolute atomic E-state index is 3.80. The summed E-state index contributed by atoms with van der Waals surface area (Å²) in [5, 5.41) is 11.4. The van der Waals surface area contributed by atoms with Crippen molar-refractivity contribution in [1.82, 2.24) is 0 Å². The van der Waals surface area contributed by atoms with Crippen LogP contribution in [0.2, 0.25) is 0 Å². The molecule has 0 unspecified atom stereocenters. The molecule has 0 saturated heterocycles. The molecule has 10 rings (SSSR count). The van der Waals surface area contributed by atoms with Crippen LogP contribution in [0, 0.1) is 0 Å². The maximum Gasteiger partial charge on any atom is 0.0606 e. The average molecular weight is 670 g/mol. The molecule has 0 fully saturated rings. The van der Waals surface area contributed by atoms with Gasteiger partial charge in [-0.05, 0) is 89.5 Å². The van der Waals surface area contributed by atoms with Crippen LogP contribution >= 0.6 is 35.3 Å². The van der Waals surface area contributed by atoms with E-state index in [1.54, 1.807) is 0 Å². The van der Waals surface area contributed by atoms with Gasteiger partial charge in [-0.25, -0.2) is 0 Å². The summed E-state index contributed by atoms with van der Waals surface area (Å²) in [5.74, 6) is 0. The monoisotopic (exact) mass is 669 g/mol. The van der Waals surface area contributed by atoms with Crippen LogP contribution in [0.15, 0.2) is 175 Å². The number of rotatable bonds is 3. The highest BCUT2D eigenvalue weighted by Gasteiger charge is 2.24. The van der Waals surface area contributed by atoms with Gasteiger partial charge in [0.15, 0.2) is 0 Å². The van der Waals surface area contributed by atoms with Gasteiger partial charge >= 0.3 is 0 Å². The van der Waals surface area contributed by atoms with Crippen LogP contribution in [0.4, 0.5) is 34.1 Å². The molecule has 3 aliphatic heterocycles. The van der Waals surface area contributed by atoms with Crippen LogP contribution in [0.25, 0.3) is 33.4 Å². The fourth-order valence-electron chi connectivity index (χ4n) is 6.79. The van der Waals surface area contributed by atoms with E-state index in [0.29, 0.717) is 0 Å². The van der Waals surface area contributed by atoms with Crippen molar-refractivity contribution >= 4 is 69.4 Å². The predicted octanol–water partition coefficient (Wildman–Crippen LogP) is 13.3. The van der Waals surface area contributed by atoms with Crippen LogP contribution in [-0.4, -0.2) is 0 Å². The maximum atomic E-state index is 3.80. The molecule has 7 aromatic rings. The third kappa shape index (κ3) is 4.71. The molecule has 3 aliphatic rings. The van der Waals surface area contributed by atoms with E-state index in [9.17, 15) is 0 Å². The van der Waals surface area contributed by atoms with Crippen molar-refractivity contribution in [3.8, 4) is 33.4 Å². The average Bonchev–Trinajstić information content (AvgIpc) is 3.14. The van der Waals surface area contributed by atoms with Gasteiger partial charge in [-0.2, -0.15) is 0 Å². The summed E-state index contributed by atoms with van der Waals surface area (Å²) >= 11 is 5.49. The number of hydrogen-bond acceptors (Lipinski definition) is 6. The van der Waals surface area contributed by atoms with Crippen molar-refractivity contribution in [3.63, 3.8) is 0 Å². The van der Waals surface area contributed by atoms with Gasteiger partial charge in [0, 0.05) is 46.1 Å². The first-order valence-electron chi connectivity index (χ1n) is 15.9. The molecule has 0 saturated carbocycles. The topological polar surface area (TPSA) is 36.1 Å². The molecule has 0 bridgehead atoms. The minimum absolute atomic E-state index is 1.15. The molecular formula is C42H27N3S3. The lowest BCUT2D eigenvalue weighted by atomic mass is 9.91. The molecule has 0 aromatic heterocycles. The Hall–Kier alpha value is -5.01. The van der Waals surface area contributed by atoms with Crippen LogP contribution in [0.3, 0.4) is 0 Å². The Morgan fingerprint density at radius 3 is 0.917 bits per heavy atom. The quantitative estimate of drug-likeness (QED) is 0.174. The van der Waals surface area contributed by atoms with Crippen molar-refractivity contribution in [2.24, 2.45) is 0 Å². The SMILES string of the molecule is c1ccc2c(c1)Nc1c(cccc1-c1cc(-c3cccc4c3Nc3ccccc3S4)cc(-c3cccc4c3Nc3ccccc3S4)c1)S2. The van der Waals surface area contributed by atoms with Crippen molar-refractivity contribution in [2.75, 3.05) is 16.0 Å². The summed E-state index contributed by atoms with van der Waals surface area (Å²) < 4.78 is 0. The number of anilines is 6. The van der Waals surface area contributed by atoms with Gasteiger partial charge in [0.1, 0.15) is 0 Å². The number of hydrogen-bond donors (Lipinski definition) is 3. The third-order valence-corrected chi connectivity index (χ3v) is 12.5. The molecular weight excluding hydrogens is 643 g/mol.